The van der Waals surface area contributed by atoms with Crippen molar-refractivity contribution in [3.8, 4) is 0 Å². The highest BCUT2D eigenvalue weighted by Crippen LogP contribution is 2.22. The summed E-state index contributed by atoms with van der Waals surface area (Å²) in [6, 6.07) is 0. The number of amides is 2. The first-order valence-corrected chi connectivity index (χ1v) is 7.93. The SMILES string of the molecule is NC(=O)C1CCN(CC(=O)NCC2CCCCC2)CC1. The van der Waals surface area contributed by atoms with Gasteiger partial charge in [0.25, 0.3) is 0 Å². The number of carbonyl (C=O) groups is 2. The monoisotopic (exact) mass is 281 g/mol. The molecule has 2 amide bonds. The molecule has 1 saturated heterocycles. The summed E-state index contributed by atoms with van der Waals surface area (Å²) in [5.41, 5.74) is 5.31. The van der Waals surface area contributed by atoms with Crippen LogP contribution in [0.25, 0.3) is 0 Å². The molecule has 114 valence electrons. The van der Waals surface area contributed by atoms with Gasteiger partial charge in [-0.2, -0.15) is 0 Å². The fourth-order valence-corrected chi connectivity index (χ4v) is 3.28. The second kappa shape index (κ2) is 7.62. The number of nitrogens with two attached hydrogens (primary N) is 1. The Morgan fingerprint density at radius 1 is 1.05 bits per heavy atom. The lowest BCUT2D eigenvalue weighted by Crippen LogP contribution is -2.44. The molecule has 5 nitrogen and oxygen atoms in total. The molecule has 2 aliphatic rings. The van der Waals surface area contributed by atoms with Gasteiger partial charge in [0.2, 0.25) is 11.8 Å². The van der Waals surface area contributed by atoms with Crippen LogP contribution in [0.3, 0.4) is 0 Å². The number of likely N-dealkylation sites (tertiary alicyclic amines) is 1. The van der Waals surface area contributed by atoms with Crippen LogP contribution in [0.4, 0.5) is 0 Å². The third-order valence-electron chi connectivity index (χ3n) is 4.67. The zero-order chi connectivity index (χ0) is 14.4. The van der Waals surface area contributed by atoms with Crippen molar-refractivity contribution in [2.24, 2.45) is 17.6 Å². The zero-order valence-corrected chi connectivity index (χ0v) is 12.3. The summed E-state index contributed by atoms with van der Waals surface area (Å²) in [6.07, 6.45) is 8.03. The Morgan fingerprint density at radius 2 is 1.70 bits per heavy atom. The van der Waals surface area contributed by atoms with Gasteiger partial charge in [0.1, 0.15) is 0 Å². The summed E-state index contributed by atoms with van der Waals surface area (Å²) in [6.45, 7) is 2.88. The summed E-state index contributed by atoms with van der Waals surface area (Å²) < 4.78 is 0. The zero-order valence-electron chi connectivity index (χ0n) is 12.3. The van der Waals surface area contributed by atoms with Gasteiger partial charge < -0.3 is 11.1 Å². The first kappa shape index (κ1) is 15.3. The van der Waals surface area contributed by atoms with Crippen LogP contribution in [0.15, 0.2) is 0 Å². The summed E-state index contributed by atoms with van der Waals surface area (Å²) >= 11 is 0. The lowest BCUT2D eigenvalue weighted by atomic mass is 9.89. The highest BCUT2D eigenvalue weighted by Gasteiger charge is 2.24. The fourth-order valence-electron chi connectivity index (χ4n) is 3.28. The van der Waals surface area contributed by atoms with Crippen molar-refractivity contribution in [1.82, 2.24) is 10.2 Å². The van der Waals surface area contributed by atoms with E-state index in [1.54, 1.807) is 0 Å². The van der Waals surface area contributed by atoms with Crippen molar-refractivity contribution >= 4 is 11.8 Å². The van der Waals surface area contributed by atoms with Gasteiger partial charge in [-0.1, -0.05) is 19.3 Å². The Bertz CT molecular complexity index is 332. The van der Waals surface area contributed by atoms with Crippen molar-refractivity contribution in [2.75, 3.05) is 26.2 Å². The van der Waals surface area contributed by atoms with E-state index in [-0.39, 0.29) is 17.7 Å². The molecule has 5 heteroatoms. The molecule has 0 atom stereocenters. The van der Waals surface area contributed by atoms with E-state index in [2.05, 4.69) is 10.2 Å². The van der Waals surface area contributed by atoms with Crippen molar-refractivity contribution in [3.63, 3.8) is 0 Å². The van der Waals surface area contributed by atoms with Crippen LogP contribution in [0, 0.1) is 11.8 Å². The fraction of sp³-hybridized carbons (Fsp3) is 0.867. The van der Waals surface area contributed by atoms with Gasteiger partial charge in [-0.05, 0) is 44.7 Å². The molecule has 20 heavy (non-hydrogen) atoms. The molecule has 2 fully saturated rings. The molecule has 0 radical (unpaired) electrons. The molecule has 0 unspecified atom stereocenters. The maximum absolute atomic E-state index is 11.9. The Kier molecular flexibility index (Phi) is 5.83. The minimum absolute atomic E-state index is 0.00319. The summed E-state index contributed by atoms with van der Waals surface area (Å²) in [5.74, 6) is 0.587. The molecular formula is C15H27N3O2. The van der Waals surface area contributed by atoms with Crippen LogP contribution in [-0.2, 0) is 9.59 Å². The average molecular weight is 281 g/mol. The normalized spacial score (nSPS) is 22.6. The lowest BCUT2D eigenvalue weighted by Gasteiger charge is -2.30. The average Bonchev–Trinajstić information content (AvgIpc) is 2.47. The summed E-state index contributed by atoms with van der Waals surface area (Å²) in [7, 11) is 0. The predicted octanol–water partition coefficient (Wildman–Crippen LogP) is 0.880. The van der Waals surface area contributed by atoms with Gasteiger partial charge in [0, 0.05) is 12.5 Å². The van der Waals surface area contributed by atoms with Gasteiger partial charge in [-0.25, -0.2) is 0 Å². The second-order valence-corrected chi connectivity index (χ2v) is 6.26. The number of carbonyl (C=O) groups excluding carboxylic acids is 2. The van der Waals surface area contributed by atoms with E-state index in [1.807, 2.05) is 0 Å². The molecule has 2 rings (SSSR count). The van der Waals surface area contributed by atoms with E-state index in [9.17, 15) is 9.59 Å². The van der Waals surface area contributed by atoms with Crippen LogP contribution in [0.5, 0.6) is 0 Å². The third kappa shape index (κ3) is 4.78. The standard InChI is InChI=1S/C15H27N3O2/c16-15(20)13-6-8-18(9-7-13)11-14(19)17-10-12-4-2-1-3-5-12/h12-13H,1-11H2,(H2,16,20)(H,17,19). The van der Waals surface area contributed by atoms with E-state index >= 15 is 0 Å². The maximum atomic E-state index is 11.9. The minimum Gasteiger partial charge on any atom is -0.369 e. The van der Waals surface area contributed by atoms with Gasteiger partial charge in [-0.3, -0.25) is 14.5 Å². The second-order valence-electron chi connectivity index (χ2n) is 6.26. The molecular weight excluding hydrogens is 254 g/mol. The van der Waals surface area contributed by atoms with E-state index in [0.29, 0.717) is 12.5 Å². The lowest BCUT2D eigenvalue weighted by molar-refractivity contribution is -0.124. The topological polar surface area (TPSA) is 75.4 Å². The van der Waals surface area contributed by atoms with Gasteiger partial charge >= 0.3 is 0 Å². The quantitative estimate of drug-likeness (QED) is 0.785. The first-order chi connectivity index (χ1) is 9.65. The Balaban J connectivity index is 1.61. The molecule has 1 saturated carbocycles. The van der Waals surface area contributed by atoms with Gasteiger partial charge in [0.05, 0.1) is 6.54 Å². The molecule has 1 heterocycles. The predicted molar refractivity (Wildman–Crippen MR) is 77.9 cm³/mol. The third-order valence-corrected chi connectivity index (χ3v) is 4.67. The van der Waals surface area contributed by atoms with Crippen LogP contribution in [0.1, 0.15) is 44.9 Å². The summed E-state index contributed by atoms with van der Waals surface area (Å²) in [4.78, 5) is 25.1. The molecule has 1 aliphatic heterocycles. The van der Waals surface area contributed by atoms with Crippen molar-refractivity contribution in [1.29, 1.82) is 0 Å². The van der Waals surface area contributed by atoms with E-state index in [4.69, 9.17) is 5.73 Å². The number of nitrogens with one attached hydrogen (secondary N) is 1. The minimum atomic E-state index is -0.202. The van der Waals surface area contributed by atoms with Gasteiger partial charge in [0.15, 0.2) is 0 Å². The van der Waals surface area contributed by atoms with Crippen molar-refractivity contribution < 1.29 is 9.59 Å². The van der Waals surface area contributed by atoms with Crippen molar-refractivity contribution in [2.45, 2.75) is 44.9 Å². The highest BCUT2D eigenvalue weighted by molar-refractivity contribution is 5.78. The number of primary amides is 1. The smallest absolute Gasteiger partial charge is 0.234 e. The van der Waals surface area contributed by atoms with Gasteiger partial charge in [-0.15, -0.1) is 0 Å². The van der Waals surface area contributed by atoms with E-state index in [0.717, 1.165) is 32.5 Å². The number of rotatable bonds is 5. The molecule has 1 aliphatic carbocycles. The molecule has 3 N–H and O–H groups in total. The van der Waals surface area contributed by atoms with Crippen molar-refractivity contribution in [3.05, 3.63) is 0 Å². The molecule has 0 aromatic heterocycles. The molecule has 0 aromatic rings. The van der Waals surface area contributed by atoms with E-state index < -0.39 is 0 Å². The first-order valence-electron chi connectivity index (χ1n) is 7.93. The Hall–Kier alpha value is -1.10. The molecule has 0 bridgehead atoms. The summed E-state index contributed by atoms with van der Waals surface area (Å²) in [5, 5.41) is 3.06. The Labute approximate surface area is 121 Å². The van der Waals surface area contributed by atoms with E-state index in [1.165, 1.54) is 32.1 Å². The van der Waals surface area contributed by atoms with Crippen LogP contribution in [0.2, 0.25) is 0 Å². The number of hydrogen-bond donors (Lipinski definition) is 2. The molecule has 0 aromatic carbocycles. The number of hydrogen-bond acceptors (Lipinski definition) is 3. The van der Waals surface area contributed by atoms with Crippen LogP contribution < -0.4 is 11.1 Å². The molecule has 0 spiro atoms. The Morgan fingerprint density at radius 3 is 2.30 bits per heavy atom. The highest BCUT2D eigenvalue weighted by atomic mass is 16.2. The largest absolute Gasteiger partial charge is 0.369 e. The van der Waals surface area contributed by atoms with Crippen LogP contribution in [-0.4, -0.2) is 42.9 Å². The number of nitrogens with zero attached hydrogens (tertiary/aromatic N) is 1. The van der Waals surface area contributed by atoms with Crippen LogP contribution >= 0.6 is 0 Å². The number of piperidine rings is 1. The maximum Gasteiger partial charge on any atom is 0.234 e.